The lowest BCUT2D eigenvalue weighted by Crippen LogP contribution is -2.43. The van der Waals surface area contributed by atoms with Gasteiger partial charge in [-0.25, -0.2) is 0 Å². The highest BCUT2D eigenvalue weighted by atomic mass is 32.2. The number of aromatic nitrogens is 2. The van der Waals surface area contributed by atoms with Crippen LogP contribution in [-0.2, 0) is 19.2 Å². The molecule has 0 radical (unpaired) electrons. The highest BCUT2D eigenvalue weighted by Gasteiger charge is 2.33. The Morgan fingerprint density at radius 3 is 1.47 bits per heavy atom. The van der Waals surface area contributed by atoms with E-state index in [2.05, 4.69) is 21.3 Å². The molecule has 4 bridgehead atoms. The summed E-state index contributed by atoms with van der Waals surface area (Å²) in [7, 11) is 0. The van der Waals surface area contributed by atoms with Crippen molar-refractivity contribution in [3.8, 4) is 0 Å². The van der Waals surface area contributed by atoms with Crippen molar-refractivity contribution in [3.63, 3.8) is 0 Å². The zero-order valence-electron chi connectivity index (χ0n) is 17.5. The van der Waals surface area contributed by atoms with Crippen LogP contribution >= 0.6 is 23.5 Å². The fourth-order valence-electron chi connectivity index (χ4n) is 3.91. The van der Waals surface area contributed by atoms with Gasteiger partial charge in [0.05, 0.1) is 23.1 Å². The molecular weight excluding hydrogens is 484 g/mol. The lowest BCUT2D eigenvalue weighted by Gasteiger charge is -2.17. The Bertz CT molecular complexity index is 1260. The van der Waals surface area contributed by atoms with Crippen LogP contribution in [0.5, 0.6) is 0 Å². The lowest BCUT2D eigenvalue weighted by atomic mass is 10.2. The average Bonchev–Trinajstić information content (AvgIpc) is 3.44. The minimum absolute atomic E-state index is 0.0372. The van der Waals surface area contributed by atoms with Gasteiger partial charge in [-0.05, 0) is 24.3 Å². The van der Waals surface area contributed by atoms with Crippen molar-refractivity contribution < 1.29 is 19.2 Å². The van der Waals surface area contributed by atoms with E-state index in [0.29, 0.717) is 10.1 Å². The molecule has 4 N–H and O–H groups in total. The molecule has 0 unspecified atom stereocenters. The van der Waals surface area contributed by atoms with E-state index in [1.807, 2.05) is 0 Å². The maximum absolute atomic E-state index is 13.0. The van der Waals surface area contributed by atoms with Gasteiger partial charge in [-0.2, -0.15) is 0 Å². The summed E-state index contributed by atoms with van der Waals surface area (Å²) in [5.74, 6) is -1.77. The molecule has 3 aliphatic heterocycles. The van der Waals surface area contributed by atoms with Crippen LogP contribution in [0.4, 0.5) is 11.4 Å². The molecule has 0 aliphatic carbocycles. The Morgan fingerprint density at radius 2 is 1.06 bits per heavy atom. The van der Waals surface area contributed by atoms with Gasteiger partial charge in [0.1, 0.15) is 23.5 Å². The first-order valence-corrected chi connectivity index (χ1v) is 12.2. The predicted molar refractivity (Wildman–Crippen MR) is 124 cm³/mol. The summed E-state index contributed by atoms with van der Waals surface area (Å²) < 4.78 is 2.53. The van der Waals surface area contributed by atoms with Gasteiger partial charge in [0.15, 0.2) is 0 Å². The molecule has 0 saturated heterocycles. The number of nitrogens with one attached hydrogen (secondary N) is 4. The third-order valence-electron chi connectivity index (χ3n) is 5.56. The van der Waals surface area contributed by atoms with Gasteiger partial charge in [0.25, 0.3) is 11.1 Å². The number of hydrogen-bond donors (Lipinski definition) is 4. The second-order valence-electron chi connectivity index (χ2n) is 7.71. The molecule has 0 spiro atoms. The van der Waals surface area contributed by atoms with E-state index in [9.17, 15) is 28.8 Å². The van der Waals surface area contributed by atoms with Crippen LogP contribution in [0.1, 0.15) is 12.1 Å². The van der Waals surface area contributed by atoms with Crippen molar-refractivity contribution in [1.29, 1.82) is 0 Å². The fourth-order valence-corrected chi connectivity index (χ4v) is 6.20. The van der Waals surface area contributed by atoms with Crippen molar-refractivity contribution in [2.75, 3.05) is 35.2 Å². The third-order valence-corrected chi connectivity index (χ3v) is 7.78. The molecule has 5 rings (SSSR count). The van der Waals surface area contributed by atoms with Gasteiger partial charge in [-0.1, -0.05) is 0 Å². The van der Waals surface area contributed by atoms with Gasteiger partial charge in [0, 0.05) is 11.5 Å². The topological polar surface area (TPSA) is 160 Å². The largest absolute Gasteiger partial charge is 0.345 e. The van der Waals surface area contributed by atoms with Gasteiger partial charge in [0.2, 0.25) is 23.6 Å². The summed E-state index contributed by atoms with van der Waals surface area (Å²) in [6, 6.07) is 4.37. The van der Waals surface area contributed by atoms with E-state index in [4.69, 9.17) is 0 Å². The van der Waals surface area contributed by atoms with E-state index < -0.39 is 59.9 Å². The summed E-state index contributed by atoms with van der Waals surface area (Å²) >= 11 is 2.60. The molecule has 0 saturated carbocycles. The van der Waals surface area contributed by atoms with Crippen molar-refractivity contribution >= 4 is 58.5 Å². The summed E-state index contributed by atoms with van der Waals surface area (Å²) in [5.41, 5.74) is -1.20. The van der Waals surface area contributed by atoms with E-state index in [0.717, 1.165) is 0 Å². The molecule has 5 heterocycles. The molecule has 12 nitrogen and oxygen atoms in total. The molecule has 0 aromatic carbocycles. The zero-order chi connectivity index (χ0) is 24.0. The summed E-state index contributed by atoms with van der Waals surface area (Å²) in [6.07, 6.45) is 0. The minimum atomic E-state index is -0.876. The number of hydrogen-bond acceptors (Lipinski definition) is 8. The van der Waals surface area contributed by atoms with Gasteiger partial charge >= 0.3 is 0 Å². The predicted octanol–water partition coefficient (Wildman–Crippen LogP) is -0.873. The molecule has 2 aromatic rings. The Morgan fingerprint density at radius 1 is 0.647 bits per heavy atom. The van der Waals surface area contributed by atoms with Crippen molar-refractivity contribution in [2.24, 2.45) is 0 Å². The Balaban J connectivity index is 1.50. The average molecular weight is 503 g/mol. The SMILES string of the molecule is O=C1CNC(=O)[C@@H]2CSc3ccc(c(=O)n32)NC(=O)CNC(=O)[C@H]2CSc3ccc(c(=O)n32)N1. The van der Waals surface area contributed by atoms with Gasteiger partial charge in [-0.3, -0.25) is 37.9 Å². The highest BCUT2D eigenvalue weighted by Crippen LogP contribution is 2.33. The Kier molecular flexibility index (Phi) is 5.69. The minimum Gasteiger partial charge on any atom is -0.345 e. The van der Waals surface area contributed by atoms with Crippen LogP contribution < -0.4 is 32.4 Å². The number of thioether (sulfide) groups is 2. The van der Waals surface area contributed by atoms with E-state index in [-0.39, 0.29) is 22.9 Å². The first-order chi connectivity index (χ1) is 16.3. The number of nitrogens with zero attached hydrogens (tertiary/aromatic N) is 2. The Hall–Kier alpha value is -3.52. The van der Waals surface area contributed by atoms with E-state index in [1.54, 1.807) is 12.1 Å². The first kappa shape index (κ1) is 22.3. The van der Waals surface area contributed by atoms with Crippen molar-refractivity contribution in [2.45, 2.75) is 22.1 Å². The highest BCUT2D eigenvalue weighted by molar-refractivity contribution is 7.99. The maximum atomic E-state index is 13.0. The van der Waals surface area contributed by atoms with Crippen LogP contribution in [0.2, 0.25) is 0 Å². The number of pyridine rings is 2. The third kappa shape index (κ3) is 3.88. The second kappa shape index (κ2) is 8.68. The second-order valence-corrected chi connectivity index (χ2v) is 9.79. The van der Waals surface area contributed by atoms with Crippen molar-refractivity contribution in [3.05, 3.63) is 45.0 Å². The summed E-state index contributed by atoms with van der Waals surface area (Å²) in [4.78, 5) is 76.3. The molecule has 2 atom stereocenters. The number of anilines is 2. The van der Waals surface area contributed by atoms with Crippen LogP contribution in [0, 0.1) is 0 Å². The van der Waals surface area contributed by atoms with Gasteiger partial charge < -0.3 is 21.3 Å². The summed E-state index contributed by atoms with van der Waals surface area (Å²) in [6.45, 7) is -0.833. The maximum Gasteiger partial charge on any atom is 0.275 e. The standard InChI is InChI=1S/C20H18N6O6S2/c27-13-5-21-18(30)12-8-34-16-4-2-10(20(32)26(12)16)24-14(28)6-22-17(29)11-7-33-15-3-1-9(23-13)19(31)25(11)15/h1-4,11-12H,5-8H2,(H,21,30)(H,22,29)(H,23,27)(H,24,28)/t11-,12+. The first-order valence-electron chi connectivity index (χ1n) is 10.3. The molecule has 34 heavy (non-hydrogen) atoms. The summed E-state index contributed by atoms with van der Waals surface area (Å²) in [5, 5.41) is 11.0. The van der Waals surface area contributed by atoms with E-state index >= 15 is 0 Å². The smallest absolute Gasteiger partial charge is 0.275 e. The van der Waals surface area contributed by atoms with Crippen LogP contribution in [0.25, 0.3) is 0 Å². The molecule has 4 amide bonds. The number of carbonyl (C=O) groups is 4. The van der Waals surface area contributed by atoms with E-state index in [1.165, 1.54) is 44.8 Å². The lowest BCUT2D eigenvalue weighted by molar-refractivity contribution is -0.126. The molecule has 2 aromatic heterocycles. The van der Waals surface area contributed by atoms with Crippen LogP contribution in [0.15, 0.2) is 43.9 Å². The molecule has 14 heteroatoms. The molecule has 176 valence electrons. The number of carbonyl (C=O) groups excluding carboxylic acids is 4. The fraction of sp³-hybridized carbons (Fsp3) is 0.300. The molecule has 3 aliphatic rings. The monoisotopic (exact) mass is 502 g/mol. The Labute approximate surface area is 199 Å². The van der Waals surface area contributed by atoms with Crippen LogP contribution in [0.3, 0.4) is 0 Å². The van der Waals surface area contributed by atoms with Crippen molar-refractivity contribution in [1.82, 2.24) is 19.8 Å². The number of amides is 4. The normalized spacial score (nSPS) is 22.2. The number of fused-ring (bicyclic) bond motifs is 2. The molecule has 0 fully saturated rings. The number of rotatable bonds is 0. The van der Waals surface area contributed by atoms with Gasteiger partial charge in [-0.15, -0.1) is 23.5 Å². The molecular formula is C20H18N6O6S2. The van der Waals surface area contributed by atoms with Crippen LogP contribution in [-0.4, -0.2) is 57.4 Å². The quantitative estimate of drug-likeness (QED) is 0.362. The zero-order valence-corrected chi connectivity index (χ0v) is 19.1.